The Balaban J connectivity index is 0.00000680. The molecule has 10 atom stereocenters. The summed E-state index contributed by atoms with van der Waals surface area (Å²) in [4.78, 5) is 64.1. The molecule has 6 heterocycles. The summed E-state index contributed by atoms with van der Waals surface area (Å²) in [5, 5.41) is 0. The highest BCUT2D eigenvalue weighted by Gasteiger charge is 2.54. The van der Waals surface area contributed by atoms with Crippen molar-refractivity contribution in [2.45, 2.75) is 126 Å². The summed E-state index contributed by atoms with van der Waals surface area (Å²) >= 11 is 0.607. The van der Waals surface area contributed by atoms with Crippen LogP contribution in [-0.2, 0) is 47.2 Å². The molecule has 20 nitrogen and oxygen atoms in total. The maximum absolute atomic E-state index is 16.4. The SMILES string of the molecule is CCCCCCCCCCCC(=O)Oc1ccc(CSP2(=O)OC[C@H]3O[C@@H](n4cnc5c(N)ncnc54)[C@H](F)[C@@H]3OP(=O)([O-])OC[C@H]3O[C@@H](n4ccc(=O)[nH]c4=O)[C@H](F)[C@@H]3O2)cc1.[CH3+]. The van der Waals surface area contributed by atoms with Crippen LogP contribution in [0.4, 0.5) is 14.6 Å². The van der Waals surface area contributed by atoms with E-state index in [9.17, 15) is 28.4 Å². The van der Waals surface area contributed by atoms with Gasteiger partial charge < -0.3 is 33.9 Å². The number of H-pyrrole nitrogens is 1. The Morgan fingerprint density at radius 1 is 0.891 bits per heavy atom. The third-order valence-electron chi connectivity index (χ3n) is 10.6. The van der Waals surface area contributed by atoms with Gasteiger partial charge in [-0.2, -0.15) is 0 Å². The molecule has 4 aromatic rings. The highest BCUT2D eigenvalue weighted by atomic mass is 32.7. The van der Waals surface area contributed by atoms with Crippen molar-refractivity contribution in [2.24, 2.45) is 0 Å². The number of anilines is 1. The van der Waals surface area contributed by atoms with Gasteiger partial charge in [-0.25, -0.2) is 33.1 Å². The number of nitrogens with one attached hydrogen (secondary N) is 1. The maximum atomic E-state index is 16.4. The van der Waals surface area contributed by atoms with Crippen LogP contribution in [0.15, 0.2) is 58.8 Å². The molecule has 25 heteroatoms. The maximum Gasteiger partial charge on any atom is 0.389 e. The fourth-order valence-corrected chi connectivity index (χ4v) is 11.7. The quantitative estimate of drug-likeness (QED) is 0.0427. The van der Waals surface area contributed by atoms with Crippen molar-refractivity contribution < 1.29 is 59.9 Å². The molecule has 3 aliphatic rings. The van der Waals surface area contributed by atoms with Crippen molar-refractivity contribution in [1.82, 2.24) is 29.1 Å². The molecule has 64 heavy (non-hydrogen) atoms. The highest BCUT2D eigenvalue weighted by Crippen LogP contribution is 2.64. The highest BCUT2D eigenvalue weighted by molar-refractivity contribution is 8.54. The van der Waals surface area contributed by atoms with Gasteiger partial charge in [0, 0.05) is 31.9 Å². The van der Waals surface area contributed by atoms with Gasteiger partial charge in [0.05, 0.1) is 19.5 Å². The molecule has 3 N–H and O–H groups in total. The van der Waals surface area contributed by atoms with Crippen molar-refractivity contribution in [3.8, 4) is 5.75 Å². The largest absolute Gasteiger partial charge is 0.756 e. The Labute approximate surface area is 370 Å². The summed E-state index contributed by atoms with van der Waals surface area (Å²) in [5.41, 5.74) is 4.76. The molecule has 350 valence electrons. The second kappa shape index (κ2) is 22.0. The van der Waals surface area contributed by atoms with Gasteiger partial charge in [0.1, 0.15) is 42.0 Å². The van der Waals surface area contributed by atoms with Crippen molar-refractivity contribution in [2.75, 3.05) is 18.9 Å². The topological polar surface area (TPSA) is 263 Å². The summed E-state index contributed by atoms with van der Waals surface area (Å²) in [6.45, 7) is -4.26. The molecule has 0 saturated carbocycles. The van der Waals surface area contributed by atoms with E-state index in [0.717, 1.165) is 48.7 Å². The number of hydrogen-bond donors (Lipinski definition) is 2. The number of nitrogen functional groups attached to an aromatic ring is 1. The van der Waals surface area contributed by atoms with Gasteiger partial charge in [0.2, 0.25) is 0 Å². The van der Waals surface area contributed by atoms with Crippen LogP contribution in [0.5, 0.6) is 5.75 Å². The standard InChI is InChI=1S/C38H49F2N7O13P2S.CH3/c1-2-3-4-5-6-7-8-9-10-11-28(49)56-24-14-12-23(13-15-24)20-63-62(53)55-19-26-32(29(39)37(58-26)47-22-44-31-34(41)42-21-43-35(31)47)59-61(51,52)54-18-25-33(60-62)30(40)36(57-25)46-17-16-27(48)45-38(46)50;/h12-17,21-22,25-26,29-30,32-33,36-37H,2-11,18-20H2,1H3,(H,51,52)(H2,41,42,43)(H,45,48,50);1H3/q;+1/p-1/t25-,26-,29-,30-,32-,33-,36-,37-,62?;/m1./s1. The zero-order valence-corrected chi connectivity index (χ0v) is 37.7. The number of alkyl halides is 2. The van der Waals surface area contributed by atoms with E-state index in [1.165, 1.54) is 32.1 Å². The minimum absolute atomic E-state index is 0. The monoisotopic (exact) mass is 957 g/mol. The molecular formula is C39H51F2N7O13P2S. The first-order valence-electron chi connectivity index (χ1n) is 20.6. The van der Waals surface area contributed by atoms with Gasteiger partial charge in [-0.15, -0.1) is 0 Å². The van der Waals surface area contributed by atoms with Crippen LogP contribution in [0, 0.1) is 7.43 Å². The van der Waals surface area contributed by atoms with Crippen LogP contribution in [-0.4, -0.2) is 85.0 Å². The number of nitrogens with zero attached hydrogens (tertiary/aromatic N) is 5. The molecule has 1 aromatic carbocycles. The van der Waals surface area contributed by atoms with E-state index in [1.54, 1.807) is 24.3 Å². The molecule has 0 amide bonds. The van der Waals surface area contributed by atoms with Gasteiger partial charge >= 0.3 is 18.5 Å². The third-order valence-corrected chi connectivity index (χ3v) is 15.3. The number of halogens is 2. The number of aromatic amines is 1. The lowest BCUT2D eigenvalue weighted by atomic mass is 10.1. The van der Waals surface area contributed by atoms with Gasteiger partial charge in [-0.05, 0) is 35.5 Å². The zero-order chi connectivity index (χ0) is 44.7. The van der Waals surface area contributed by atoms with E-state index >= 15 is 8.78 Å². The van der Waals surface area contributed by atoms with Crippen LogP contribution in [0.1, 0.15) is 89.2 Å². The summed E-state index contributed by atoms with van der Waals surface area (Å²) < 4.78 is 102. The number of phosphoric acid groups is 1. The lowest BCUT2D eigenvalue weighted by Crippen LogP contribution is -2.38. The van der Waals surface area contributed by atoms with Crippen LogP contribution in [0.25, 0.3) is 11.2 Å². The van der Waals surface area contributed by atoms with Crippen LogP contribution in [0.3, 0.4) is 0 Å². The fraction of sp³-hybridized carbons (Fsp3) is 0.564. The third kappa shape index (κ3) is 12.1. The number of carbonyl (C=O) groups excluding carboxylic acids is 1. The Morgan fingerprint density at radius 3 is 2.19 bits per heavy atom. The number of carbonyl (C=O) groups is 1. The van der Waals surface area contributed by atoms with Crippen LogP contribution in [0.2, 0.25) is 0 Å². The van der Waals surface area contributed by atoms with E-state index in [1.807, 2.05) is 4.98 Å². The Bertz CT molecular complexity index is 2410. The molecular weight excluding hydrogens is 906 g/mol. The first-order chi connectivity index (χ1) is 30.2. The molecule has 0 aliphatic carbocycles. The Hall–Kier alpha value is -4.02. The lowest BCUT2D eigenvalue weighted by Gasteiger charge is -2.32. The molecule has 3 saturated heterocycles. The van der Waals surface area contributed by atoms with E-state index in [0.29, 0.717) is 33.7 Å². The van der Waals surface area contributed by atoms with Crippen LogP contribution < -0.4 is 26.6 Å². The molecule has 0 spiro atoms. The van der Waals surface area contributed by atoms with Crippen molar-refractivity contribution in [3.63, 3.8) is 0 Å². The molecule has 0 bridgehead atoms. The molecule has 0 radical (unpaired) electrons. The summed E-state index contributed by atoms with van der Waals surface area (Å²) in [5.74, 6) is -0.186. The number of aromatic nitrogens is 6. The zero-order valence-electron chi connectivity index (χ0n) is 35.1. The number of ether oxygens (including phenoxy) is 3. The first kappa shape index (κ1) is 49.4. The van der Waals surface area contributed by atoms with Gasteiger partial charge in [0.25, 0.3) is 13.4 Å². The number of phosphoric ester groups is 1. The normalized spacial score (nSPS) is 29.6. The average Bonchev–Trinajstić information content (AvgIpc) is 3.91. The second-order valence-electron chi connectivity index (χ2n) is 15.2. The van der Waals surface area contributed by atoms with E-state index in [2.05, 4.69) is 21.9 Å². The number of imidazole rings is 1. The number of esters is 1. The predicted octanol–water partition coefficient (Wildman–Crippen LogP) is 6.03. The number of hydrogen-bond acceptors (Lipinski definition) is 18. The molecule has 3 fully saturated rings. The fourth-order valence-electron chi connectivity index (χ4n) is 7.37. The minimum Gasteiger partial charge on any atom is -0.756 e. The van der Waals surface area contributed by atoms with Crippen molar-refractivity contribution >= 4 is 49.0 Å². The molecule has 3 aliphatic heterocycles. The summed E-state index contributed by atoms with van der Waals surface area (Å²) in [7, 11) is -5.47. The van der Waals surface area contributed by atoms with Gasteiger partial charge in [0.15, 0.2) is 36.3 Å². The molecule has 7 rings (SSSR count). The van der Waals surface area contributed by atoms with E-state index in [4.69, 9.17) is 38.0 Å². The smallest absolute Gasteiger partial charge is 0.389 e. The number of rotatable bonds is 16. The summed E-state index contributed by atoms with van der Waals surface area (Å²) in [6, 6.07) is 7.27. The predicted molar refractivity (Wildman–Crippen MR) is 227 cm³/mol. The van der Waals surface area contributed by atoms with Gasteiger partial charge in [-0.3, -0.25) is 37.3 Å². The number of fused-ring (bicyclic) bond motifs is 3. The summed E-state index contributed by atoms with van der Waals surface area (Å²) in [6.07, 6.45) is -1.66. The number of nitrogens with two attached hydrogens (primary N) is 1. The van der Waals surface area contributed by atoms with E-state index in [-0.39, 0.29) is 42.6 Å². The first-order valence-corrected chi connectivity index (χ1v) is 25.2. The second-order valence-corrected chi connectivity index (χ2v) is 20.6. The minimum atomic E-state index is -5.47. The molecule has 3 aromatic heterocycles. The Kier molecular flexibility index (Phi) is 17.0. The van der Waals surface area contributed by atoms with E-state index < -0.39 is 88.3 Å². The average molecular weight is 958 g/mol. The number of unbranched alkanes of at least 4 members (excludes halogenated alkanes) is 8. The number of benzene rings is 1. The lowest BCUT2D eigenvalue weighted by molar-refractivity contribution is -0.235. The van der Waals surface area contributed by atoms with Crippen molar-refractivity contribution in [3.05, 3.63) is 83.0 Å². The van der Waals surface area contributed by atoms with Gasteiger partial charge in [-0.1, -0.05) is 70.4 Å². The van der Waals surface area contributed by atoms with Crippen molar-refractivity contribution in [1.29, 1.82) is 0 Å². The molecule has 2 unspecified atom stereocenters. The van der Waals surface area contributed by atoms with Crippen LogP contribution >= 0.6 is 26.0 Å². The Morgan fingerprint density at radius 2 is 1.52 bits per heavy atom.